The standard InChI is InChI=1S/C19H22ClN3O/c1-19(13-7-8-14-20)21-17-12-6-5-11-16(17)18(24)23(19)22-15-9-3-2-4-10-15/h2-6,9-12,21-22H,7-8,13-14H2,1H3. The first kappa shape index (κ1) is 16.7. The van der Waals surface area contributed by atoms with Gasteiger partial charge in [0, 0.05) is 11.6 Å². The Morgan fingerprint density at radius 1 is 1.08 bits per heavy atom. The number of hydrazine groups is 1. The van der Waals surface area contributed by atoms with E-state index in [2.05, 4.69) is 10.7 Å². The van der Waals surface area contributed by atoms with Gasteiger partial charge in [-0.25, -0.2) is 5.01 Å². The van der Waals surface area contributed by atoms with Crippen LogP contribution in [0, 0.1) is 0 Å². The van der Waals surface area contributed by atoms with E-state index in [0.717, 1.165) is 30.6 Å². The first-order valence-electron chi connectivity index (χ1n) is 8.23. The quantitative estimate of drug-likeness (QED) is 0.590. The van der Waals surface area contributed by atoms with E-state index in [0.29, 0.717) is 11.4 Å². The number of nitrogens with one attached hydrogen (secondary N) is 2. The summed E-state index contributed by atoms with van der Waals surface area (Å²) < 4.78 is 0. The predicted molar refractivity (Wildman–Crippen MR) is 99.3 cm³/mol. The number of unbranched alkanes of at least 4 members (excludes halogenated alkanes) is 1. The first-order valence-corrected chi connectivity index (χ1v) is 8.77. The number of benzene rings is 2. The third-order valence-electron chi connectivity index (χ3n) is 4.32. The fraction of sp³-hybridized carbons (Fsp3) is 0.316. The van der Waals surface area contributed by atoms with E-state index in [9.17, 15) is 4.79 Å². The maximum Gasteiger partial charge on any atom is 0.276 e. The van der Waals surface area contributed by atoms with Gasteiger partial charge in [-0.05, 0) is 50.5 Å². The summed E-state index contributed by atoms with van der Waals surface area (Å²) in [6, 6.07) is 17.4. The predicted octanol–water partition coefficient (Wildman–Crippen LogP) is 4.71. The summed E-state index contributed by atoms with van der Waals surface area (Å²) in [5.41, 5.74) is 5.20. The Hall–Kier alpha value is -2.20. The van der Waals surface area contributed by atoms with E-state index in [1.54, 1.807) is 5.01 Å². The first-order chi connectivity index (χ1) is 11.6. The molecule has 1 aliphatic rings. The number of rotatable bonds is 6. The fourth-order valence-electron chi connectivity index (χ4n) is 3.02. The van der Waals surface area contributed by atoms with Crippen LogP contribution in [0.5, 0.6) is 0 Å². The molecule has 126 valence electrons. The molecule has 4 nitrogen and oxygen atoms in total. The molecule has 1 atom stereocenters. The number of carbonyl (C=O) groups excluding carboxylic acids is 1. The third-order valence-corrected chi connectivity index (χ3v) is 4.59. The van der Waals surface area contributed by atoms with Crippen molar-refractivity contribution in [2.45, 2.75) is 31.8 Å². The van der Waals surface area contributed by atoms with Crippen LogP contribution in [0.4, 0.5) is 11.4 Å². The highest BCUT2D eigenvalue weighted by Crippen LogP contribution is 2.34. The van der Waals surface area contributed by atoms with Gasteiger partial charge in [-0.2, -0.15) is 0 Å². The third kappa shape index (κ3) is 3.34. The molecule has 2 N–H and O–H groups in total. The van der Waals surface area contributed by atoms with E-state index < -0.39 is 5.66 Å². The lowest BCUT2D eigenvalue weighted by atomic mass is 9.97. The Bertz CT molecular complexity index is 707. The zero-order valence-corrected chi connectivity index (χ0v) is 14.5. The zero-order chi connectivity index (χ0) is 17.0. The van der Waals surface area contributed by atoms with Crippen molar-refractivity contribution < 1.29 is 4.79 Å². The lowest BCUT2D eigenvalue weighted by molar-refractivity contribution is 0.0598. The average molecular weight is 344 g/mol. The summed E-state index contributed by atoms with van der Waals surface area (Å²) in [4.78, 5) is 13.1. The second kappa shape index (κ2) is 7.14. The number of carbonyl (C=O) groups is 1. The van der Waals surface area contributed by atoms with Crippen molar-refractivity contribution in [3.8, 4) is 0 Å². The molecule has 1 heterocycles. The molecule has 3 rings (SSSR count). The van der Waals surface area contributed by atoms with Gasteiger partial charge in [-0.15, -0.1) is 11.6 Å². The Balaban J connectivity index is 1.92. The summed E-state index contributed by atoms with van der Waals surface area (Å²) >= 11 is 5.82. The largest absolute Gasteiger partial charge is 0.361 e. The van der Waals surface area contributed by atoms with Crippen molar-refractivity contribution in [1.29, 1.82) is 0 Å². The highest BCUT2D eigenvalue weighted by Gasteiger charge is 2.41. The Labute approximate surface area is 147 Å². The van der Waals surface area contributed by atoms with E-state index in [1.165, 1.54) is 0 Å². The summed E-state index contributed by atoms with van der Waals surface area (Å²) in [5, 5.41) is 5.24. The number of amides is 1. The second-order valence-electron chi connectivity index (χ2n) is 6.21. The molecule has 2 aromatic rings. The van der Waals surface area contributed by atoms with Crippen LogP contribution in [0.25, 0.3) is 0 Å². The van der Waals surface area contributed by atoms with Crippen LogP contribution in [-0.2, 0) is 0 Å². The number of anilines is 2. The van der Waals surface area contributed by atoms with Crippen molar-refractivity contribution in [3.05, 3.63) is 60.2 Å². The molecule has 0 spiro atoms. The molecule has 0 radical (unpaired) electrons. The molecule has 0 aromatic heterocycles. The molecule has 1 unspecified atom stereocenters. The van der Waals surface area contributed by atoms with Crippen molar-refractivity contribution in [3.63, 3.8) is 0 Å². The van der Waals surface area contributed by atoms with Gasteiger partial charge in [0.2, 0.25) is 0 Å². The molecule has 0 saturated heterocycles. The van der Waals surface area contributed by atoms with Gasteiger partial charge in [0.1, 0.15) is 5.66 Å². The minimum atomic E-state index is -0.520. The van der Waals surface area contributed by atoms with E-state index in [-0.39, 0.29) is 5.91 Å². The van der Waals surface area contributed by atoms with Crippen LogP contribution in [-0.4, -0.2) is 22.5 Å². The number of halogens is 1. The van der Waals surface area contributed by atoms with Gasteiger partial charge in [0.15, 0.2) is 0 Å². The van der Waals surface area contributed by atoms with Gasteiger partial charge in [0.25, 0.3) is 5.91 Å². The number of alkyl halides is 1. The maximum atomic E-state index is 13.1. The number of para-hydroxylation sites is 2. The lowest BCUT2D eigenvalue weighted by Gasteiger charge is -2.46. The van der Waals surface area contributed by atoms with Gasteiger partial charge < -0.3 is 5.32 Å². The van der Waals surface area contributed by atoms with E-state index in [4.69, 9.17) is 11.6 Å². The molecule has 1 amide bonds. The normalized spacial score (nSPS) is 19.6. The fourth-order valence-corrected chi connectivity index (χ4v) is 3.21. The van der Waals surface area contributed by atoms with Gasteiger partial charge >= 0.3 is 0 Å². The highest BCUT2D eigenvalue weighted by atomic mass is 35.5. The molecule has 0 saturated carbocycles. The second-order valence-corrected chi connectivity index (χ2v) is 6.59. The van der Waals surface area contributed by atoms with Crippen molar-refractivity contribution >= 4 is 28.9 Å². The highest BCUT2D eigenvalue weighted by molar-refractivity contribution is 6.17. The number of hydrogen-bond donors (Lipinski definition) is 2. The van der Waals surface area contributed by atoms with Crippen LogP contribution in [0.2, 0.25) is 0 Å². The Morgan fingerprint density at radius 3 is 2.54 bits per heavy atom. The minimum absolute atomic E-state index is 0.0263. The monoisotopic (exact) mass is 343 g/mol. The Morgan fingerprint density at radius 2 is 1.79 bits per heavy atom. The SMILES string of the molecule is CC1(CCCCCl)Nc2ccccc2C(=O)N1Nc1ccccc1. The maximum absolute atomic E-state index is 13.1. The molecule has 0 aliphatic carbocycles. The minimum Gasteiger partial charge on any atom is -0.361 e. The molecule has 24 heavy (non-hydrogen) atoms. The van der Waals surface area contributed by atoms with Crippen molar-refractivity contribution in [2.24, 2.45) is 0 Å². The number of nitrogens with zero attached hydrogens (tertiary/aromatic N) is 1. The topological polar surface area (TPSA) is 44.4 Å². The number of fused-ring (bicyclic) bond motifs is 1. The zero-order valence-electron chi connectivity index (χ0n) is 13.8. The van der Waals surface area contributed by atoms with Gasteiger partial charge in [-0.1, -0.05) is 30.3 Å². The average Bonchev–Trinajstić information content (AvgIpc) is 2.60. The van der Waals surface area contributed by atoms with Crippen LogP contribution in [0.3, 0.4) is 0 Å². The lowest BCUT2D eigenvalue weighted by Crippen LogP contribution is -2.60. The van der Waals surface area contributed by atoms with E-state index >= 15 is 0 Å². The summed E-state index contributed by atoms with van der Waals surface area (Å²) in [6.07, 6.45) is 2.67. The van der Waals surface area contributed by atoms with Crippen LogP contribution < -0.4 is 10.7 Å². The molecule has 1 aliphatic heterocycles. The van der Waals surface area contributed by atoms with Crippen LogP contribution in [0.1, 0.15) is 36.5 Å². The Kier molecular flexibility index (Phi) is 4.95. The van der Waals surface area contributed by atoms with Crippen LogP contribution in [0.15, 0.2) is 54.6 Å². The van der Waals surface area contributed by atoms with E-state index in [1.807, 2.05) is 61.5 Å². The molecule has 5 heteroatoms. The molecule has 0 bridgehead atoms. The molecular formula is C19H22ClN3O. The summed E-state index contributed by atoms with van der Waals surface area (Å²) in [5.74, 6) is 0.605. The number of hydrogen-bond acceptors (Lipinski definition) is 3. The van der Waals surface area contributed by atoms with Crippen molar-refractivity contribution in [2.75, 3.05) is 16.6 Å². The van der Waals surface area contributed by atoms with Crippen molar-refractivity contribution in [1.82, 2.24) is 5.01 Å². The van der Waals surface area contributed by atoms with Gasteiger partial charge in [-0.3, -0.25) is 10.2 Å². The molecule has 0 fully saturated rings. The smallest absolute Gasteiger partial charge is 0.276 e. The molecular weight excluding hydrogens is 322 g/mol. The summed E-state index contributed by atoms with van der Waals surface area (Å²) in [7, 11) is 0. The summed E-state index contributed by atoms with van der Waals surface area (Å²) in [6.45, 7) is 2.05. The van der Waals surface area contributed by atoms with Gasteiger partial charge in [0.05, 0.1) is 11.3 Å². The van der Waals surface area contributed by atoms with Crippen LogP contribution >= 0.6 is 11.6 Å². The molecule has 2 aromatic carbocycles.